The largest absolute Gasteiger partial charge is 0.391 e. The van der Waals surface area contributed by atoms with Gasteiger partial charge >= 0.3 is 6.03 Å². The third kappa shape index (κ3) is 5.29. The van der Waals surface area contributed by atoms with Gasteiger partial charge in [0.1, 0.15) is 11.6 Å². The summed E-state index contributed by atoms with van der Waals surface area (Å²) in [6.07, 6.45) is 6.60. The quantitative estimate of drug-likeness (QED) is 0.684. The molecule has 0 aliphatic rings. The minimum atomic E-state index is -0.514. The molecule has 0 spiro atoms. The minimum Gasteiger partial charge on any atom is -0.391 e. The van der Waals surface area contributed by atoms with E-state index in [1.807, 2.05) is 43.7 Å². The van der Waals surface area contributed by atoms with E-state index < -0.39 is 6.10 Å². The van der Waals surface area contributed by atoms with Crippen LogP contribution < -0.4 is 10.6 Å². The van der Waals surface area contributed by atoms with E-state index >= 15 is 0 Å². The first-order valence-electron chi connectivity index (χ1n) is 8.70. The lowest BCUT2D eigenvalue weighted by Gasteiger charge is -2.20. The fourth-order valence-electron chi connectivity index (χ4n) is 2.73. The standard InChI is InChI=1S/C18H27N5O2/c1-4-15(5-2)16(24)12-22-18(25)21-11-14-6-7-17(20-10-14)23-9-8-19-13(23)3/h6-10,15-16,24H,4-5,11-12H2,1-3H3,(H2,21,22,25). The van der Waals surface area contributed by atoms with Crippen molar-refractivity contribution in [1.82, 2.24) is 25.2 Å². The van der Waals surface area contributed by atoms with E-state index in [2.05, 4.69) is 20.6 Å². The molecule has 2 aromatic heterocycles. The van der Waals surface area contributed by atoms with Crippen LogP contribution in [0.2, 0.25) is 0 Å². The molecule has 0 aliphatic carbocycles. The van der Waals surface area contributed by atoms with E-state index in [4.69, 9.17) is 0 Å². The van der Waals surface area contributed by atoms with E-state index in [-0.39, 0.29) is 18.5 Å². The van der Waals surface area contributed by atoms with Crippen molar-refractivity contribution in [3.63, 3.8) is 0 Å². The van der Waals surface area contributed by atoms with Crippen LogP contribution in [0.3, 0.4) is 0 Å². The van der Waals surface area contributed by atoms with Gasteiger partial charge in [-0.1, -0.05) is 32.8 Å². The molecule has 2 aromatic rings. The number of imidazole rings is 1. The van der Waals surface area contributed by atoms with Crippen molar-refractivity contribution in [2.24, 2.45) is 5.92 Å². The lowest BCUT2D eigenvalue weighted by molar-refractivity contribution is 0.103. The van der Waals surface area contributed by atoms with Crippen LogP contribution in [0.4, 0.5) is 4.79 Å². The molecule has 7 heteroatoms. The second-order valence-electron chi connectivity index (χ2n) is 6.08. The molecule has 136 valence electrons. The molecule has 0 aromatic carbocycles. The molecule has 0 fully saturated rings. The van der Waals surface area contributed by atoms with E-state index in [1.165, 1.54) is 0 Å². The van der Waals surface area contributed by atoms with Crippen LogP contribution in [0.1, 0.15) is 38.1 Å². The first-order valence-corrected chi connectivity index (χ1v) is 8.70. The topological polar surface area (TPSA) is 92.1 Å². The molecule has 7 nitrogen and oxygen atoms in total. The zero-order valence-corrected chi connectivity index (χ0v) is 15.1. The average molecular weight is 345 g/mol. The Morgan fingerprint density at radius 1 is 1.24 bits per heavy atom. The number of aliphatic hydroxyl groups excluding tert-OH is 1. The fourth-order valence-corrected chi connectivity index (χ4v) is 2.73. The summed E-state index contributed by atoms with van der Waals surface area (Å²) in [4.78, 5) is 20.4. The zero-order valence-electron chi connectivity index (χ0n) is 15.1. The Kier molecular flexibility index (Phi) is 6.94. The first kappa shape index (κ1) is 18.9. The number of pyridine rings is 1. The maximum Gasteiger partial charge on any atom is 0.315 e. The highest BCUT2D eigenvalue weighted by molar-refractivity contribution is 5.73. The number of aromatic nitrogens is 3. The molecular formula is C18H27N5O2. The van der Waals surface area contributed by atoms with Gasteiger partial charge in [0.15, 0.2) is 0 Å². The predicted molar refractivity (Wildman–Crippen MR) is 96.4 cm³/mol. The Labute approximate surface area is 148 Å². The Bertz CT molecular complexity index is 664. The smallest absolute Gasteiger partial charge is 0.315 e. The number of hydrogen-bond donors (Lipinski definition) is 3. The predicted octanol–water partition coefficient (Wildman–Crippen LogP) is 2.17. The van der Waals surface area contributed by atoms with Crippen molar-refractivity contribution in [3.05, 3.63) is 42.1 Å². The normalized spacial score (nSPS) is 12.2. The number of aryl methyl sites for hydroxylation is 1. The Morgan fingerprint density at radius 3 is 2.56 bits per heavy atom. The minimum absolute atomic E-state index is 0.212. The summed E-state index contributed by atoms with van der Waals surface area (Å²) in [6.45, 7) is 6.63. The van der Waals surface area contributed by atoms with Crippen molar-refractivity contribution in [2.45, 2.75) is 46.3 Å². The average Bonchev–Trinajstić information content (AvgIpc) is 3.05. The van der Waals surface area contributed by atoms with Gasteiger partial charge in [-0.15, -0.1) is 0 Å². The van der Waals surface area contributed by atoms with Crippen molar-refractivity contribution in [1.29, 1.82) is 0 Å². The Hall–Kier alpha value is -2.41. The van der Waals surface area contributed by atoms with E-state index in [1.54, 1.807) is 12.4 Å². The Balaban J connectivity index is 1.79. The monoisotopic (exact) mass is 345 g/mol. The highest BCUT2D eigenvalue weighted by Gasteiger charge is 2.16. The van der Waals surface area contributed by atoms with Crippen LogP contribution >= 0.6 is 0 Å². The van der Waals surface area contributed by atoms with E-state index in [9.17, 15) is 9.90 Å². The maximum absolute atomic E-state index is 11.9. The third-order valence-corrected chi connectivity index (χ3v) is 4.40. The summed E-state index contributed by atoms with van der Waals surface area (Å²) >= 11 is 0. The van der Waals surface area contributed by atoms with Crippen molar-refractivity contribution in [2.75, 3.05) is 6.54 Å². The van der Waals surface area contributed by atoms with Gasteiger partial charge in [-0.2, -0.15) is 0 Å². The van der Waals surface area contributed by atoms with Crippen molar-refractivity contribution in [3.8, 4) is 5.82 Å². The first-order chi connectivity index (χ1) is 12.0. The number of carbonyl (C=O) groups excluding carboxylic acids is 1. The summed E-state index contributed by atoms with van der Waals surface area (Å²) in [6, 6.07) is 3.51. The molecule has 25 heavy (non-hydrogen) atoms. The zero-order chi connectivity index (χ0) is 18.2. The summed E-state index contributed by atoms with van der Waals surface area (Å²) in [5.41, 5.74) is 0.900. The molecule has 0 saturated heterocycles. The fraction of sp³-hybridized carbons (Fsp3) is 0.500. The number of aliphatic hydroxyl groups is 1. The Morgan fingerprint density at radius 2 is 2.00 bits per heavy atom. The molecule has 0 saturated carbocycles. The number of nitrogens with one attached hydrogen (secondary N) is 2. The number of rotatable bonds is 8. The lowest BCUT2D eigenvalue weighted by atomic mass is 9.97. The number of nitrogens with zero attached hydrogens (tertiary/aromatic N) is 3. The second-order valence-corrected chi connectivity index (χ2v) is 6.08. The molecule has 3 N–H and O–H groups in total. The number of urea groups is 1. The van der Waals surface area contributed by atoms with Gasteiger partial charge in [-0.05, 0) is 24.5 Å². The lowest BCUT2D eigenvalue weighted by Crippen LogP contribution is -2.41. The molecule has 1 atom stereocenters. The van der Waals surface area contributed by atoms with Gasteiger partial charge in [0, 0.05) is 31.7 Å². The van der Waals surface area contributed by atoms with Gasteiger partial charge in [-0.25, -0.2) is 14.8 Å². The van der Waals surface area contributed by atoms with Crippen LogP contribution in [0.5, 0.6) is 0 Å². The molecule has 0 bridgehead atoms. The van der Waals surface area contributed by atoms with Crippen molar-refractivity contribution < 1.29 is 9.90 Å². The van der Waals surface area contributed by atoms with Gasteiger partial charge in [0.2, 0.25) is 0 Å². The second kappa shape index (κ2) is 9.17. The van der Waals surface area contributed by atoms with Gasteiger partial charge in [0.05, 0.1) is 6.10 Å². The summed E-state index contributed by atoms with van der Waals surface area (Å²) in [5.74, 6) is 1.87. The third-order valence-electron chi connectivity index (χ3n) is 4.40. The highest BCUT2D eigenvalue weighted by atomic mass is 16.3. The highest BCUT2D eigenvalue weighted by Crippen LogP contribution is 2.12. The maximum atomic E-state index is 11.9. The van der Waals surface area contributed by atoms with Gasteiger partial charge < -0.3 is 15.7 Å². The van der Waals surface area contributed by atoms with Crippen LogP contribution in [0, 0.1) is 12.8 Å². The van der Waals surface area contributed by atoms with Crippen molar-refractivity contribution >= 4 is 6.03 Å². The molecule has 1 unspecified atom stereocenters. The van der Waals surface area contributed by atoms with Crippen LogP contribution in [-0.4, -0.2) is 38.3 Å². The van der Waals surface area contributed by atoms with Crippen LogP contribution in [0.15, 0.2) is 30.7 Å². The van der Waals surface area contributed by atoms with Crippen LogP contribution in [0.25, 0.3) is 5.82 Å². The van der Waals surface area contributed by atoms with Crippen LogP contribution in [-0.2, 0) is 6.54 Å². The number of carbonyl (C=O) groups is 1. The summed E-state index contributed by atoms with van der Waals surface area (Å²) in [7, 11) is 0. The molecule has 2 heterocycles. The summed E-state index contributed by atoms with van der Waals surface area (Å²) in [5, 5.41) is 15.5. The molecule has 0 aliphatic heterocycles. The molecule has 2 rings (SSSR count). The van der Waals surface area contributed by atoms with Gasteiger partial charge in [0.25, 0.3) is 0 Å². The molecule has 2 amide bonds. The van der Waals surface area contributed by atoms with E-state index in [0.29, 0.717) is 6.54 Å². The van der Waals surface area contributed by atoms with Gasteiger partial charge in [-0.3, -0.25) is 4.57 Å². The molecular weight excluding hydrogens is 318 g/mol. The van der Waals surface area contributed by atoms with E-state index in [0.717, 1.165) is 30.0 Å². The molecule has 0 radical (unpaired) electrons. The summed E-state index contributed by atoms with van der Waals surface area (Å²) < 4.78 is 1.89. The SMILES string of the molecule is CCC(CC)C(O)CNC(=O)NCc1ccc(-n2ccnc2C)nc1. The number of hydrogen-bond acceptors (Lipinski definition) is 4. The number of amides is 2.